The minimum Gasteiger partial charge on any atom is -0.469 e. The predicted octanol–water partition coefficient (Wildman–Crippen LogP) is 0.857. The van der Waals surface area contributed by atoms with Crippen LogP contribution in [0.5, 0.6) is 0 Å². The van der Waals surface area contributed by atoms with E-state index in [1.807, 2.05) is 6.07 Å². The van der Waals surface area contributed by atoms with E-state index < -0.39 is 6.09 Å². The van der Waals surface area contributed by atoms with E-state index in [1.54, 1.807) is 12.3 Å². The zero-order chi connectivity index (χ0) is 9.97. The number of carboxylic acid groups (broad SMARTS) is 1. The van der Waals surface area contributed by atoms with Gasteiger partial charge in [-0.3, -0.25) is 0 Å². The highest BCUT2D eigenvalue weighted by atomic mass is 16.6. The number of rotatable bonds is 4. The van der Waals surface area contributed by atoms with E-state index in [1.165, 1.54) is 0 Å². The normalized spacial score (nSPS) is 21.6. The quantitative estimate of drug-likeness (QED) is 0.702. The van der Waals surface area contributed by atoms with Crippen molar-refractivity contribution < 1.29 is 19.1 Å². The molecule has 2 atom stereocenters. The Morgan fingerprint density at radius 1 is 1.79 bits per heavy atom. The van der Waals surface area contributed by atoms with Crippen molar-refractivity contribution in [1.82, 2.24) is 5.32 Å². The maximum atomic E-state index is 10.5. The molecule has 2 N–H and O–H groups in total. The highest BCUT2D eigenvalue weighted by Gasteiger charge is 2.34. The third-order valence-corrected chi connectivity index (χ3v) is 2.12. The molecule has 0 saturated carbocycles. The van der Waals surface area contributed by atoms with Crippen LogP contribution >= 0.6 is 0 Å². The summed E-state index contributed by atoms with van der Waals surface area (Å²) in [5.74, 6) is 0.763. The van der Waals surface area contributed by atoms with Gasteiger partial charge in [0.2, 0.25) is 0 Å². The zero-order valence-electron chi connectivity index (χ0n) is 7.47. The molecule has 0 aromatic carbocycles. The fourth-order valence-corrected chi connectivity index (χ4v) is 1.37. The van der Waals surface area contributed by atoms with E-state index in [4.69, 9.17) is 14.3 Å². The van der Waals surface area contributed by atoms with Gasteiger partial charge in [-0.2, -0.15) is 0 Å². The Balaban J connectivity index is 1.93. The van der Waals surface area contributed by atoms with Crippen LogP contribution in [-0.4, -0.2) is 30.0 Å². The van der Waals surface area contributed by atoms with Crippen LogP contribution in [0.3, 0.4) is 0 Å². The van der Waals surface area contributed by atoms with Crippen LogP contribution in [0.15, 0.2) is 22.8 Å². The highest BCUT2D eigenvalue weighted by molar-refractivity contribution is 5.65. The molecular weight excluding hydrogens is 186 g/mol. The number of furan rings is 1. The first-order valence-electron chi connectivity index (χ1n) is 4.39. The summed E-state index contributed by atoms with van der Waals surface area (Å²) in [7, 11) is 0. The van der Waals surface area contributed by atoms with Crippen molar-refractivity contribution in [2.75, 3.05) is 6.61 Å². The molecule has 5 heteroatoms. The Bertz CT molecular complexity index is 305. The van der Waals surface area contributed by atoms with Crippen molar-refractivity contribution in [3.63, 3.8) is 0 Å². The largest absolute Gasteiger partial charge is 0.469 e. The van der Waals surface area contributed by atoms with Crippen molar-refractivity contribution in [2.45, 2.75) is 18.6 Å². The number of amides is 1. The molecule has 0 spiro atoms. The van der Waals surface area contributed by atoms with E-state index in [-0.39, 0.29) is 12.1 Å². The summed E-state index contributed by atoms with van der Waals surface area (Å²) in [5.41, 5.74) is 0. The monoisotopic (exact) mass is 197 g/mol. The van der Waals surface area contributed by atoms with Gasteiger partial charge in [-0.05, 0) is 12.1 Å². The third kappa shape index (κ3) is 2.26. The Morgan fingerprint density at radius 2 is 2.57 bits per heavy atom. The second-order valence-corrected chi connectivity index (χ2v) is 3.21. The summed E-state index contributed by atoms with van der Waals surface area (Å²) in [5, 5.41) is 11.0. The van der Waals surface area contributed by atoms with Gasteiger partial charge in [0.25, 0.3) is 0 Å². The molecule has 1 amide bonds. The number of ether oxygens (including phenoxy) is 1. The average Bonchev–Trinajstić information content (AvgIpc) is 2.85. The molecule has 0 unspecified atom stereocenters. The minimum absolute atomic E-state index is 0.00352. The van der Waals surface area contributed by atoms with Crippen LogP contribution < -0.4 is 5.32 Å². The number of carbonyl (C=O) groups is 1. The van der Waals surface area contributed by atoms with Gasteiger partial charge in [0.1, 0.15) is 11.9 Å². The predicted molar refractivity (Wildman–Crippen MR) is 47.1 cm³/mol. The summed E-state index contributed by atoms with van der Waals surface area (Å²) in [6.45, 7) is 0.617. The van der Waals surface area contributed by atoms with Crippen LogP contribution in [0.1, 0.15) is 5.76 Å². The second-order valence-electron chi connectivity index (χ2n) is 3.21. The fourth-order valence-electron chi connectivity index (χ4n) is 1.37. The molecule has 1 aliphatic heterocycles. The van der Waals surface area contributed by atoms with Crippen molar-refractivity contribution in [1.29, 1.82) is 0 Å². The van der Waals surface area contributed by atoms with Gasteiger partial charge in [0.05, 0.1) is 18.9 Å². The average molecular weight is 197 g/mol. The van der Waals surface area contributed by atoms with Gasteiger partial charge >= 0.3 is 6.09 Å². The van der Waals surface area contributed by atoms with Gasteiger partial charge in [0.15, 0.2) is 0 Å². The van der Waals surface area contributed by atoms with Gasteiger partial charge in [-0.1, -0.05) is 0 Å². The SMILES string of the molecule is O=C(O)N[C@@H](Cc1ccco1)[C@H]1CO1. The molecule has 1 fully saturated rings. The molecule has 2 heterocycles. The van der Waals surface area contributed by atoms with E-state index in [0.717, 1.165) is 5.76 Å². The van der Waals surface area contributed by atoms with Crippen LogP contribution in [0.25, 0.3) is 0 Å². The van der Waals surface area contributed by atoms with Crippen molar-refractivity contribution in [3.8, 4) is 0 Å². The van der Waals surface area contributed by atoms with Gasteiger partial charge < -0.3 is 19.6 Å². The molecular formula is C9H11NO4. The summed E-state index contributed by atoms with van der Waals surface area (Å²) in [6.07, 6.45) is 1.07. The van der Waals surface area contributed by atoms with Crippen molar-refractivity contribution in [3.05, 3.63) is 24.2 Å². The van der Waals surface area contributed by atoms with E-state index in [9.17, 15) is 4.79 Å². The summed E-state index contributed by atoms with van der Waals surface area (Å²) in [6, 6.07) is 3.39. The number of hydrogen-bond donors (Lipinski definition) is 2. The molecule has 1 aliphatic rings. The second kappa shape index (κ2) is 3.71. The van der Waals surface area contributed by atoms with Crippen molar-refractivity contribution in [2.24, 2.45) is 0 Å². The Morgan fingerprint density at radius 3 is 3.07 bits per heavy atom. The molecule has 76 valence electrons. The molecule has 5 nitrogen and oxygen atoms in total. The summed E-state index contributed by atoms with van der Waals surface area (Å²) < 4.78 is 10.2. The first kappa shape index (κ1) is 9.08. The molecule has 1 aromatic heterocycles. The Labute approximate surface area is 80.7 Å². The first-order chi connectivity index (χ1) is 6.75. The van der Waals surface area contributed by atoms with E-state index >= 15 is 0 Å². The third-order valence-electron chi connectivity index (χ3n) is 2.12. The molecule has 0 aliphatic carbocycles. The fraction of sp³-hybridized carbons (Fsp3) is 0.444. The lowest BCUT2D eigenvalue weighted by Gasteiger charge is -2.12. The van der Waals surface area contributed by atoms with E-state index in [2.05, 4.69) is 5.32 Å². The lowest BCUT2D eigenvalue weighted by Crippen LogP contribution is -2.39. The number of hydrogen-bond acceptors (Lipinski definition) is 3. The molecule has 0 radical (unpaired) electrons. The Kier molecular flexibility index (Phi) is 2.41. The standard InChI is InChI=1S/C9H11NO4/c11-9(12)10-7(8-5-14-8)4-6-2-1-3-13-6/h1-3,7-8,10H,4-5H2,(H,11,12)/t7-,8+/m0/s1. The van der Waals surface area contributed by atoms with Crippen LogP contribution in [0, 0.1) is 0 Å². The molecule has 1 saturated heterocycles. The van der Waals surface area contributed by atoms with E-state index in [0.29, 0.717) is 13.0 Å². The molecule has 0 bridgehead atoms. The smallest absolute Gasteiger partial charge is 0.404 e. The lowest BCUT2D eigenvalue weighted by molar-refractivity contribution is 0.185. The number of epoxide rings is 1. The maximum Gasteiger partial charge on any atom is 0.404 e. The first-order valence-corrected chi connectivity index (χ1v) is 4.39. The molecule has 1 aromatic rings. The summed E-state index contributed by atoms with van der Waals surface area (Å²) >= 11 is 0. The summed E-state index contributed by atoms with van der Waals surface area (Å²) in [4.78, 5) is 10.5. The van der Waals surface area contributed by atoms with Crippen LogP contribution in [-0.2, 0) is 11.2 Å². The minimum atomic E-state index is -1.03. The molecule has 2 rings (SSSR count). The van der Waals surface area contributed by atoms with Crippen molar-refractivity contribution >= 4 is 6.09 Å². The maximum absolute atomic E-state index is 10.5. The topological polar surface area (TPSA) is 75.0 Å². The Hall–Kier alpha value is -1.49. The van der Waals surface area contributed by atoms with Crippen LogP contribution in [0.2, 0.25) is 0 Å². The lowest BCUT2D eigenvalue weighted by atomic mass is 10.1. The zero-order valence-corrected chi connectivity index (χ0v) is 7.47. The van der Waals surface area contributed by atoms with Gasteiger partial charge in [-0.25, -0.2) is 4.79 Å². The van der Waals surface area contributed by atoms with Gasteiger partial charge in [0, 0.05) is 6.42 Å². The number of nitrogens with one attached hydrogen (secondary N) is 1. The van der Waals surface area contributed by atoms with Gasteiger partial charge in [-0.15, -0.1) is 0 Å². The molecule has 14 heavy (non-hydrogen) atoms. The highest BCUT2D eigenvalue weighted by Crippen LogP contribution is 2.18. The van der Waals surface area contributed by atoms with Crippen LogP contribution in [0.4, 0.5) is 4.79 Å².